The van der Waals surface area contributed by atoms with Gasteiger partial charge in [0.1, 0.15) is 17.7 Å². The van der Waals surface area contributed by atoms with Crippen molar-refractivity contribution in [1.29, 1.82) is 0 Å². The average molecular weight is 497 g/mol. The molecule has 0 aromatic carbocycles. The van der Waals surface area contributed by atoms with Crippen LogP contribution in [0, 0.1) is 0 Å². The molecule has 2 N–H and O–H groups in total. The van der Waals surface area contributed by atoms with Crippen LogP contribution in [0.2, 0.25) is 18.1 Å². The molecular weight excluding hydrogens is 452 g/mol. The second kappa shape index (κ2) is 11.5. The van der Waals surface area contributed by atoms with Crippen LogP contribution < -0.4 is 5.32 Å². The van der Waals surface area contributed by atoms with E-state index in [1.165, 1.54) is 11.0 Å². The number of alkyl carbamates (subject to hydrolysis) is 1. The van der Waals surface area contributed by atoms with E-state index in [1.807, 2.05) is 0 Å². The number of carboxylic acids is 1. The molecule has 0 radical (unpaired) electrons. The molecule has 0 aromatic rings. The van der Waals surface area contributed by atoms with E-state index in [4.69, 9.17) is 9.16 Å². The lowest BCUT2D eigenvalue weighted by atomic mass is 10.1. The topological polar surface area (TPSA) is 105 Å². The Hall–Kier alpha value is -2.13. The number of carbonyl (C=O) groups is 3. The quantitative estimate of drug-likeness (QED) is 0.330. The number of rotatable bonds is 10. The number of allylic oxidation sites excluding steroid dienone is 1. The van der Waals surface area contributed by atoms with Gasteiger partial charge < -0.3 is 24.5 Å². The number of aliphatic carboxylic acids is 1. The van der Waals surface area contributed by atoms with Gasteiger partial charge in [-0.05, 0) is 58.2 Å². The van der Waals surface area contributed by atoms with Crippen molar-refractivity contribution in [1.82, 2.24) is 10.2 Å². The van der Waals surface area contributed by atoms with Gasteiger partial charge >= 0.3 is 12.1 Å². The molecule has 0 aliphatic carbocycles. The van der Waals surface area contributed by atoms with E-state index >= 15 is 0 Å². The van der Waals surface area contributed by atoms with Crippen LogP contribution in [-0.2, 0) is 18.8 Å². The lowest BCUT2D eigenvalue weighted by Gasteiger charge is -2.40. The van der Waals surface area contributed by atoms with E-state index in [1.54, 1.807) is 26.8 Å². The Morgan fingerprint density at radius 2 is 1.74 bits per heavy atom. The first-order valence-electron chi connectivity index (χ1n) is 11.9. The van der Waals surface area contributed by atoms with Crippen LogP contribution >= 0.6 is 0 Å². The van der Waals surface area contributed by atoms with Gasteiger partial charge in [-0.3, -0.25) is 4.79 Å². The summed E-state index contributed by atoms with van der Waals surface area (Å²) < 4.78 is 11.9. The van der Waals surface area contributed by atoms with E-state index in [-0.39, 0.29) is 17.9 Å². The highest BCUT2D eigenvalue weighted by atomic mass is 28.4. The minimum Gasteiger partial charge on any atom is -0.480 e. The fraction of sp³-hybridized carbons (Fsp3) is 0.720. The summed E-state index contributed by atoms with van der Waals surface area (Å²) in [7, 11) is -2.24. The molecule has 0 bridgehead atoms. The van der Waals surface area contributed by atoms with E-state index in [0.29, 0.717) is 12.8 Å². The Morgan fingerprint density at radius 3 is 2.18 bits per heavy atom. The molecule has 1 aliphatic rings. The zero-order valence-electron chi connectivity index (χ0n) is 22.1. The van der Waals surface area contributed by atoms with Crippen LogP contribution in [0.25, 0.3) is 0 Å². The summed E-state index contributed by atoms with van der Waals surface area (Å²) in [6, 6.07) is -2.50. The number of carbonyl (C=O) groups excluding carboxylic acids is 2. The zero-order valence-corrected chi connectivity index (χ0v) is 23.1. The lowest BCUT2D eigenvalue weighted by molar-refractivity contribution is -0.150. The van der Waals surface area contributed by atoms with Crippen molar-refractivity contribution in [3.05, 3.63) is 25.3 Å². The number of nitrogens with zero attached hydrogens (tertiary/aromatic N) is 1. The Kier molecular flexibility index (Phi) is 10.1. The van der Waals surface area contributed by atoms with Gasteiger partial charge in [0.05, 0.1) is 12.1 Å². The molecule has 1 rings (SSSR count). The predicted molar refractivity (Wildman–Crippen MR) is 136 cm³/mol. The van der Waals surface area contributed by atoms with E-state index in [0.717, 1.165) is 0 Å². The molecule has 9 heteroatoms. The maximum Gasteiger partial charge on any atom is 0.408 e. The maximum absolute atomic E-state index is 13.7. The summed E-state index contributed by atoms with van der Waals surface area (Å²) >= 11 is 0. The molecule has 1 fully saturated rings. The van der Waals surface area contributed by atoms with Crippen LogP contribution in [0.1, 0.15) is 67.2 Å². The molecule has 34 heavy (non-hydrogen) atoms. The molecule has 0 unspecified atom stereocenters. The van der Waals surface area contributed by atoms with Crippen molar-refractivity contribution in [2.45, 2.75) is 115 Å². The summed E-state index contributed by atoms with van der Waals surface area (Å²) in [6.45, 7) is 23.2. The van der Waals surface area contributed by atoms with Crippen LogP contribution in [0.5, 0.6) is 0 Å². The van der Waals surface area contributed by atoms with Gasteiger partial charge in [0.2, 0.25) is 5.91 Å². The van der Waals surface area contributed by atoms with Crippen molar-refractivity contribution >= 4 is 26.3 Å². The molecular formula is C25H44N2O6Si. The summed E-state index contributed by atoms with van der Waals surface area (Å²) in [5, 5.41) is 12.5. The Labute approximate surface area is 205 Å². The number of carboxylic acid groups (broad SMARTS) is 1. The molecule has 194 valence electrons. The van der Waals surface area contributed by atoms with Crippen LogP contribution in [0.3, 0.4) is 0 Å². The monoisotopic (exact) mass is 496 g/mol. The number of hydrogen-bond acceptors (Lipinski definition) is 5. The minimum absolute atomic E-state index is 0.0736. The number of likely N-dealkylation sites (tertiary alicyclic amines) is 1. The number of nitrogens with one attached hydrogen (secondary N) is 1. The van der Waals surface area contributed by atoms with Gasteiger partial charge in [-0.15, -0.1) is 13.2 Å². The van der Waals surface area contributed by atoms with Gasteiger partial charge in [-0.25, -0.2) is 9.59 Å². The molecule has 0 spiro atoms. The molecule has 1 aliphatic heterocycles. The number of amides is 2. The molecule has 0 aromatic heterocycles. The predicted octanol–water partition coefficient (Wildman–Crippen LogP) is 4.87. The summed E-state index contributed by atoms with van der Waals surface area (Å²) in [5.74, 6) is -1.57. The molecule has 0 saturated carbocycles. The van der Waals surface area contributed by atoms with E-state index in [2.05, 4.69) is 52.3 Å². The highest BCUT2D eigenvalue weighted by Crippen LogP contribution is 2.41. The normalized spacial score (nSPS) is 22.1. The third-order valence-corrected chi connectivity index (χ3v) is 10.9. The first kappa shape index (κ1) is 29.9. The summed E-state index contributed by atoms with van der Waals surface area (Å²) in [5.41, 5.74) is -0.738. The second-order valence-electron chi connectivity index (χ2n) is 11.4. The van der Waals surface area contributed by atoms with Gasteiger partial charge in [-0.2, -0.15) is 0 Å². The first-order chi connectivity index (χ1) is 15.4. The Bertz CT molecular complexity index is 768. The summed E-state index contributed by atoms with van der Waals surface area (Å²) in [6.07, 6.45) is 3.57. The standard InChI is InChI=1S/C25H44N2O6Si/c1-11-13-15-18-20(33-34(9,10)25(6,7)8)16-19(22(29)30)27(18)21(28)17(14-12-2)26-23(31)32-24(3,4)5/h11-12,17-20H,1-2,13-16H2,3-10H3,(H,26,31)(H,29,30)/t17-,18-,19-,20+/m0/s1. The van der Waals surface area contributed by atoms with E-state index < -0.39 is 56.1 Å². The number of ether oxygens (including phenoxy) is 1. The van der Waals surface area contributed by atoms with Gasteiger partial charge in [0.15, 0.2) is 8.32 Å². The van der Waals surface area contributed by atoms with Crippen molar-refractivity contribution in [3.63, 3.8) is 0 Å². The summed E-state index contributed by atoms with van der Waals surface area (Å²) in [4.78, 5) is 39.8. The smallest absolute Gasteiger partial charge is 0.408 e. The third kappa shape index (κ3) is 7.97. The largest absolute Gasteiger partial charge is 0.480 e. The fourth-order valence-electron chi connectivity index (χ4n) is 3.75. The van der Waals surface area contributed by atoms with E-state index in [9.17, 15) is 19.5 Å². The average Bonchev–Trinajstić information content (AvgIpc) is 3.00. The van der Waals surface area contributed by atoms with Gasteiger partial charge in [0.25, 0.3) is 0 Å². The van der Waals surface area contributed by atoms with Crippen molar-refractivity contribution < 1.29 is 28.7 Å². The van der Waals surface area contributed by atoms with Gasteiger partial charge in [-0.1, -0.05) is 32.9 Å². The second-order valence-corrected chi connectivity index (χ2v) is 16.2. The number of hydrogen-bond donors (Lipinski definition) is 2. The minimum atomic E-state index is -2.24. The maximum atomic E-state index is 13.7. The molecule has 1 saturated heterocycles. The Balaban J connectivity index is 3.34. The van der Waals surface area contributed by atoms with Crippen molar-refractivity contribution in [2.24, 2.45) is 0 Å². The lowest BCUT2D eigenvalue weighted by Crippen LogP contribution is -2.56. The first-order valence-corrected chi connectivity index (χ1v) is 14.8. The van der Waals surface area contributed by atoms with Gasteiger partial charge in [0, 0.05) is 6.42 Å². The van der Waals surface area contributed by atoms with Crippen molar-refractivity contribution in [3.8, 4) is 0 Å². The highest BCUT2D eigenvalue weighted by molar-refractivity contribution is 6.74. The molecule has 1 heterocycles. The molecule has 4 atom stereocenters. The molecule has 2 amide bonds. The molecule has 8 nitrogen and oxygen atoms in total. The zero-order chi connectivity index (χ0) is 26.5. The highest BCUT2D eigenvalue weighted by Gasteiger charge is 2.51. The Morgan fingerprint density at radius 1 is 1.15 bits per heavy atom. The van der Waals surface area contributed by atoms with Crippen LogP contribution in [0.4, 0.5) is 4.79 Å². The fourth-order valence-corrected chi connectivity index (χ4v) is 5.11. The SMILES string of the molecule is C=CCC[C@H]1[C@H](O[Si](C)(C)C(C)(C)C)C[C@@H](C(=O)O)N1C(=O)[C@H](CC=C)NC(=O)OC(C)(C)C. The van der Waals surface area contributed by atoms with Crippen LogP contribution in [-0.4, -0.2) is 66.1 Å². The third-order valence-electron chi connectivity index (χ3n) is 6.43. The van der Waals surface area contributed by atoms with Crippen LogP contribution in [0.15, 0.2) is 25.3 Å². The van der Waals surface area contributed by atoms with Crippen molar-refractivity contribution in [2.75, 3.05) is 0 Å².